The molecule has 17 heavy (non-hydrogen) atoms. The van der Waals surface area contributed by atoms with Gasteiger partial charge in [0.05, 0.1) is 11.1 Å². The van der Waals surface area contributed by atoms with Gasteiger partial charge in [-0.15, -0.1) is 6.42 Å². The Kier molecular flexibility index (Phi) is 5.01. The fourth-order valence-electron chi connectivity index (χ4n) is 1.38. The highest BCUT2D eigenvalue weighted by molar-refractivity contribution is 7.89. The van der Waals surface area contributed by atoms with Crippen LogP contribution in [0.1, 0.15) is 19.8 Å². The number of hydrogen-bond donors (Lipinski definition) is 1. The van der Waals surface area contributed by atoms with Crippen molar-refractivity contribution in [3.05, 3.63) is 29.3 Å². The van der Waals surface area contributed by atoms with Gasteiger partial charge in [0.2, 0.25) is 10.0 Å². The molecular weight excluding hydrogens is 258 g/mol. The van der Waals surface area contributed by atoms with Crippen molar-refractivity contribution in [3.8, 4) is 12.3 Å². The lowest BCUT2D eigenvalue weighted by Crippen LogP contribution is -2.33. The first-order valence-corrected chi connectivity index (χ1v) is 7.10. The van der Waals surface area contributed by atoms with Crippen molar-refractivity contribution in [2.45, 2.75) is 30.7 Å². The number of terminal acetylenes is 1. The zero-order valence-electron chi connectivity index (χ0n) is 9.48. The third kappa shape index (κ3) is 3.74. The Morgan fingerprint density at radius 2 is 2.12 bits per heavy atom. The SMILES string of the molecule is C#CC(CCC)NS(=O)(=O)c1ccccc1Cl. The number of halogens is 1. The molecule has 1 rings (SSSR count). The van der Waals surface area contributed by atoms with E-state index in [1.807, 2.05) is 6.92 Å². The van der Waals surface area contributed by atoms with Crippen LogP contribution in [0.5, 0.6) is 0 Å². The summed E-state index contributed by atoms with van der Waals surface area (Å²) in [6, 6.07) is 5.77. The molecule has 1 atom stereocenters. The molecule has 0 heterocycles. The predicted octanol–water partition coefficient (Wildman–Crippen LogP) is 2.42. The van der Waals surface area contributed by atoms with Crippen molar-refractivity contribution in [3.63, 3.8) is 0 Å². The van der Waals surface area contributed by atoms with Gasteiger partial charge < -0.3 is 0 Å². The Morgan fingerprint density at radius 1 is 1.47 bits per heavy atom. The summed E-state index contributed by atoms with van der Waals surface area (Å²) in [5.74, 6) is 2.41. The van der Waals surface area contributed by atoms with E-state index >= 15 is 0 Å². The number of nitrogens with one attached hydrogen (secondary N) is 1. The molecule has 0 saturated carbocycles. The van der Waals surface area contributed by atoms with Crippen LogP contribution < -0.4 is 4.72 Å². The van der Waals surface area contributed by atoms with Gasteiger partial charge in [-0.05, 0) is 18.6 Å². The maximum absolute atomic E-state index is 12.0. The van der Waals surface area contributed by atoms with Crippen LogP contribution in [0.3, 0.4) is 0 Å². The molecule has 1 N–H and O–H groups in total. The molecule has 0 aliphatic carbocycles. The van der Waals surface area contributed by atoms with Gasteiger partial charge in [0, 0.05) is 0 Å². The van der Waals surface area contributed by atoms with Gasteiger partial charge in [-0.1, -0.05) is 43.0 Å². The Bertz CT molecular complexity index is 520. The summed E-state index contributed by atoms with van der Waals surface area (Å²) in [5.41, 5.74) is 0. The molecule has 1 unspecified atom stereocenters. The zero-order valence-corrected chi connectivity index (χ0v) is 11.1. The fourth-order valence-corrected chi connectivity index (χ4v) is 3.09. The summed E-state index contributed by atoms with van der Waals surface area (Å²) in [5, 5.41) is 0.187. The van der Waals surface area contributed by atoms with Gasteiger partial charge in [0.15, 0.2) is 0 Å². The molecule has 0 saturated heterocycles. The Morgan fingerprint density at radius 3 is 2.65 bits per heavy atom. The lowest BCUT2D eigenvalue weighted by atomic mass is 10.2. The Labute approximate surface area is 107 Å². The van der Waals surface area contributed by atoms with Crippen molar-refractivity contribution in [1.82, 2.24) is 4.72 Å². The summed E-state index contributed by atoms with van der Waals surface area (Å²) >= 11 is 5.84. The molecule has 0 spiro atoms. The number of hydrogen-bond acceptors (Lipinski definition) is 2. The maximum Gasteiger partial charge on any atom is 0.243 e. The second kappa shape index (κ2) is 6.06. The van der Waals surface area contributed by atoms with Gasteiger partial charge in [0.1, 0.15) is 4.90 Å². The Hall–Kier alpha value is -1.02. The monoisotopic (exact) mass is 271 g/mol. The van der Waals surface area contributed by atoms with Crippen molar-refractivity contribution in [1.29, 1.82) is 0 Å². The Balaban J connectivity index is 2.98. The van der Waals surface area contributed by atoms with Crippen molar-refractivity contribution >= 4 is 21.6 Å². The molecule has 5 heteroatoms. The van der Waals surface area contributed by atoms with E-state index in [2.05, 4.69) is 10.6 Å². The molecule has 0 bridgehead atoms. The topological polar surface area (TPSA) is 46.2 Å². The first-order valence-electron chi connectivity index (χ1n) is 5.24. The third-order valence-electron chi connectivity index (χ3n) is 2.20. The predicted molar refractivity (Wildman–Crippen MR) is 69.3 cm³/mol. The van der Waals surface area contributed by atoms with Crippen LogP contribution in [0.2, 0.25) is 5.02 Å². The molecule has 0 fully saturated rings. The zero-order chi connectivity index (χ0) is 12.9. The van der Waals surface area contributed by atoms with E-state index in [4.69, 9.17) is 18.0 Å². The lowest BCUT2D eigenvalue weighted by Gasteiger charge is -2.13. The standard InChI is InChI=1S/C12H14ClNO2S/c1-3-7-10(4-2)14-17(15,16)12-9-6-5-8-11(12)13/h2,5-6,8-10,14H,3,7H2,1H3. The fraction of sp³-hybridized carbons (Fsp3) is 0.333. The van der Waals surface area contributed by atoms with Crippen LogP contribution in [0.25, 0.3) is 0 Å². The summed E-state index contributed by atoms with van der Waals surface area (Å²) in [6.45, 7) is 1.94. The molecular formula is C12H14ClNO2S. The molecule has 1 aromatic carbocycles. The van der Waals surface area contributed by atoms with E-state index in [0.717, 1.165) is 6.42 Å². The van der Waals surface area contributed by atoms with Crippen LogP contribution in [0.15, 0.2) is 29.2 Å². The van der Waals surface area contributed by atoms with Crippen LogP contribution >= 0.6 is 11.6 Å². The summed E-state index contributed by atoms with van der Waals surface area (Å²) in [6.07, 6.45) is 6.68. The van der Waals surface area contributed by atoms with E-state index in [1.165, 1.54) is 12.1 Å². The van der Waals surface area contributed by atoms with E-state index in [-0.39, 0.29) is 9.92 Å². The lowest BCUT2D eigenvalue weighted by molar-refractivity contribution is 0.564. The van der Waals surface area contributed by atoms with Gasteiger partial charge in [-0.3, -0.25) is 0 Å². The summed E-state index contributed by atoms with van der Waals surface area (Å²) < 4.78 is 26.5. The third-order valence-corrected chi connectivity index (χ3v) is 4.17. The molecule has 0 aliphatic heterocycles. The van der Waals surface area contributed by atoms with E-state index in [9.17, 15) is 8.42 Å². The summed E-state index contributed by atoms with van der Waals surface area (Å²) in [7, 11) is -3.65. The van der Waals surface area contributed by atoms with Gasteiger partial charge in [0.25, 0.3) is 0 Å². The minimum Gasteiger partial charge on any atom is -0.207 e. The van der Waals surface area contributed by atoms with E-state index < -0.39 is 16.1 Å². The minimum absolute atomic E-state index is 0.0537. The first kappa shape index (κ1) is 14.0. The van der Waals surface area contributed by atoms with Gasteiger partial charge in [-0.25, -0.2) is 8.42 Å². The first-order chi connectivity index (χ1) is 8.01. The average Bonchev–Trinajstić information content (AvgIpc) is 2.28. The largest absolute Gasteiger partial charge is 0.243 e. The molecule has 0 radical (unpaired) electrons. The molecule has 92 valence electrons. The van der Waals surface area contributed by atoms with Crippen LogP contribution in [-0.4, -0.2) is 14.5 Å². The van der Waals surface area contributed by atoms with Crippen molar-refractivity contribution < 1.29 is 8.42 Å². The normalized spacial score (nSPS) is 13.0. The smallest absolute Gasteiger partial charge is 0.207 e. The van der Waals surface area contributed by atoms with Crippen LogP contribution in [-0.2, 0) is 10.0 Å². The van der Waals surface area contributed by atoms with Gasteiger partial charge in [-0.2, -0.15) is 4.72 Å². The highest BCUT2D eigenvalue weighted by atomic mass is 35.5. The highest BCUT2D eigenvalue weighted by Crippen LogP contribution is 2.20. The highest BCUT2D eigenvalue weighted by Gasteiger charge is 2.20. The second-order valence-corrected chi connectivity index (χ2v) is 5.65. The molecule has 3 nitrogen and oxygen atoms in total. The minimum atomic E-state index is -3.65. The second-order valence-electron chi connectivity index (χ2n) is 3.56. The quantitative estimate of drug-likeness (QED) is 0.836. The van der Waals surface area contributed by atoms with Gasteiger partial charge >= 0.3 is 0 Å². The number of rotatable bonds is 5. The molecule has 1 aromatic rings. The van der Waals surface area contributed by atoms with Crippen LogP contribution in [0.4, 0.5) is 0 Å². The van der Waals surface area contributed by atoms with Crippen molar-refractivity contribution in [2.75, 3.05) is 0 Å². The van der Waals surface area contributed by atoms with E-state index in [0.29, 0.717) is 6.42 Å². The van der Waals surface area contributed by atoms with Crippen LogP contribution in [0, 0.1) is 12.3 Å². The number of sulfonamides is 1. The molecule has 0 aliphatic rings. The molecule has 0 aromatic heterocycles. The van der Waals surface area contributed by atoms with Crippen molar-refractivity contribution in [2.24, 2.45) is 0 Å². The van der Waals surface area contributed by atoms with E-state index in [1.54, 1.807) is 12.1 Å². The summed E-state index contributed by atoms with van der Waals surface area (Å²) in [4.78, 5) is 0.0537. The maximum atomic E-state index is 12.0. The average molecular weight is 272 g/mol. The molecule has 0 amide bonds. The number of benzene rings is 1.